The second-order valence-electron chi connectivity index (χ2n) is 15.5. The van der Waals surface area contributed by atoms with Gasteiger partial charge < -0.3 is 0 Å². The van der Waals surface area contributed by atoms with Crippen LogP contribution in [0.4, 0.5) is 0 Å². The van der Waals surface area contributed by atoms with Crippen LogP contribution in [0.5, 0.6) is 0 Å². The fraction of sp³-hybridized carbons (Fsp3) is 0.132. The van der Waals surface area contributed by atoms with Crippen LogP contribution in [0.3, 0.4) is 0 Å². The van der Waals surface area contributed by atoms with E-state index < -0.39 is 0 Å². The van der Waals surface area contributed by atoms with Crippen LogP contribution in [0.15, 0.2) is 182 Å². The van der Waals surface area contributed by atoms with Gasteiger partial charge >= 0.3 is 0 Å². The average Bonchev–Trinajstić information content (AvgIpc) is 3.93. The Morgan fingerprint density at radius 1 is 0.389 bits per heavy atom. The van der Waals surface area contributed by atoms with Crippen molar-refractivity contribution in [3.63, 3.8) is 0 Å². The molecule has 1 aromatic heterocycles. The first-order valence-electron chi connectivity index (χ1n) is 19.5. The molecule has 0 fully saturated rings. The first kappa shape index (κ1) is 31.7. The van der Waals surface area contributed by atoms with E-state index in [2.05, 4.69) is 182 Å². The van der Waals surface area contributed by atoms with Crippen molar-refractivity contribution in [2.45, 2.75) is 42.9 Å². The van der Waals surface area contributed by atoms with Gasteiger partial charge in [0.15, 0.2) is 0 Å². The van der Waals surface area contributed by atoms with Crippen LogP contribution in [0.1, 0.15) is 80.3 Å². The predicted molar refractivity (Wildman–Crippen MR) is 228 cm³/mol. The highest BCUT2D eigenvalue weighted by Crippen LogP contribution is 2.58. The first-order valence-corrected chi connectivity index (χ1v) is 20.3. The second-order valence-corrected chi connectivity index (χ2v) is 16.5. The molecule has 2 aliphatic carbocycles. The molecule has 1 heterocycles. The minimum absolute atomic E-state index is 0.0514. The summed E-state index contributed by atoms with van der Waals surface area (Å²) >= 11 is 1.92. The Morgan fingerprint density at radius 3 is 1.63 bits per heavy atom. The van der Waals surface area contributed by atoms with E-state index in [-0.39, 0.29) is 17.3 Å². The van der Waals surface area contributed by atoms with E-state index in [1.54, 1.807) is 11.1 Å². The van der Waals surface area contributed by atoms with Crippen LogP contribution in [0.25, 0.3) is 30.9 Å². The summed E-state index contributed by atoms with van der Waals surface area (Å²) in [7, 11) is 0. The number of rotatable bonds is 6. The molecule has 0 aliphatic heterocycles. The van der Waals surface area contributed by atoms with Crippen LogP contribution in [0, 0.1) is 0 Å². The summed E-state index contributed by atoms with van der Waals surface area (Å²) < 4.78 is 2.72. The van der Waals surface area contributed by atoms with Crippen molar-refractivity contribution in [1.82, 2.24) is 0 Å². The Bertz CT molecular complexity index is 2800. The van der Waals surface area contributed by atoms with Crippen LogP contribution in [-0.4, -0.2) is 0 Å². The third kappa shape index (κ3) is 4.88. The van der Waals surface area contributed by atoms with E-state index in [1.165, 1.54) is 75.5 Å². The van der Waals surface area contributed by atoms with Crippen LogP contribution in [0.2, 0.25) is 0 Å². The zero-order valence-corrected chi connectivity index (χ0v) is 31.0. The molecule has 0 saturated heterocycles. The highest BCUT2D eigenvalue weighted by molar-refractivity contribution is 7.25. The van der Waals surface area contributed by atoms with Gasteiger partial charge in [-0.25, -0.2) is 0 Å². The molecule has 1 unspecified atom stereocenters. The van der Waals surface area contributed by atoms with Gasteiger partial charge in [0.2, 0.25) is 0 Å². The van der Waals surface area contributed by atoms with Crippen LogP contribution < -0.4 is 0 Å². The Morgan fingerprint density at radius 2 is 0.926 bits per heavy atom. The molecule has 0 saturated carbocycles. The summed E-state index contributed by atoms with van der Waals surface area (Å²) in [5.41, 5.74) is 14.6. The van der Waals surface area contributed by atoms with Crippen molar-refractivity contribution in [3.05, 3.63) is 238 Å². The van der Waals surface area contributed by atoms with Crippen molar-refractivity contribution in [2.75, 3.05) is 0 Å². The monoisotopic (exact) mass is 708 g/mol. The molecule has 0 radical (unpaired) electrons. The van der Waals surface area contributed by atoms with Gasteiger partial charge in [0.1, 0.15) is 0 Å². The highest BCUT2D eigenvalue weighted by Gasteiger charge is 2.49. The fourth-order valence-electron chi connectivity index (χ4n) is 10.5. The maximum absolute atomic E-state index is 2.52. The van der Waals surface area contributed by atoms with E-state index in [1.807, 2.05) is 11.3 Å². The molecule has 258 valence electrons. The molecule has 0 amide bonds. The van der Waals surface area contributed by atoms with Gasteiger partial charge in [-0.2, -0.15) is 0 Å². The Balaban J connectivity index is 1.17. The second kappa shape index (κ2) is 12.7. The summed E-state index contributed by atoms with van der Waals surface area (Å²) in [6, 6.07) is 69.1. The Kier molecular flexibility index (Phi) is 7.45. The lowest BCUT2D eigenvalue weighted by Gasteiger charge is -2.35. The fourth-order valence-corrected chi connectivity index (χ4v) is 11.7. The molecular weight excluding hydrogens is 669 g/mol. The van der Waals surface area contributed by atoms with Crippen LogP contribution in [-0.2, 0) is 18.3 Å². The zero-order chi connectivity index (χ0) is 35.6. The molecule has 2 aliphatic rings. The quantitative estimate of drug-likeness (QED) is 0.151. The van der Waals surface area contributed by atoms with Crippen molar-refractivity contribution in [1.29, 1.82) is 0 Å². The third-order valence-corrected chi connectivity index (χ3v) is 13.9. The van der Waals surface area contributed by atoms with Gasteiger partial charge in [-0.3, -0.25) is 0 Å². The SMILES string of the molecule is c1ccc(C(c2ccccc2)c2cccc3c2[C@@]2(CC3)CCc3cccc(C(c4ccc5c(c4)sc4ccccc45)c4cccc5ccccc45)c32)cc1. The molecule has 1 spiro atoms. The van der Waals surface area contributed by atoms with Gasteiger partial charge in [-0.15, -0.1) is 11.3 Å². The van der Waals surface area contributed by atoms with E-state index in [9.17, 15) is 0 Å². The maximum atomic E-state index is 2.52. The lowest BCUT2D eigenvalue weighted by molar-refractivity contribution is 0.498. The van der Waals surface area contributed by atoms with Crippen LogP contribution >= 0.6 is 11.3 Å². The number of benzene rings is 8. The van der Waals surface area contributed by atoms with E-state index in [4.69, 9.17) is 0 Å². The Hall–Kier alpha value is -5.76. The summed E-state index contributed by atoms with van der Waals surface area (Å²) in [6.07, 6.45) is 4.52. The molecule has 11 rings (SSSR count). The zero-order valence-electron chi connectivity index (χ0n) is 30.2. The smallest absolute Gasteiger partial charge is 0.0358 e. The van der Waals surface area contributed by atoms with Gasteiger partial charge in [0, 0.05) is 37.4 Å². The molecule has 0 N–H and O–H groups in total. The number of aryl methyl sites for hydroxylation is 2. The normalized spacial score (nSPS) is 16.8. The number of thiophene rings is 1. The first-order chi connectivity index (χ1) is 26.8. The molecule has 8 aromatic carbocycles. The van der Waals surface area contributed by atoms with E-state index >= 15 is 0 Å². The largest absolute Gasteiger partial charge is 0.135 e. The third-order valence-electron chi connectivity index (χ3n) is 12.7. The lowest BCUT2D eigenvalue weighted by Crippen LogP contribution is -2.26. The minimum atomic E-state index is -0.0514. The van der Waals surface area contributed by atoms with Crippen molar-refractivity contribution in [2.24, 2.45) is 0 Å². The van der Waals surface area contributed by atoms with Crippen molar-refractivity contribution in [3.8, 4) is 0 Å². The van der Waals surface area contributed by atoms with E-state index in [0.29, 0.717) is 0 Å². The van der Waals surface area contributed by atoms with Gasteiger partial charge in [0.25, 0.3) is 0 Å². The van der Waals surface area contributed by atoms with Crippen molar-refractivity contribution < 1.29 is 0 Å². The summed E-state index contributed by atoms with van der Waals surface area (Å²) in [5, 5.41) is 5.35. The van der Waals surface area contributed by atoms with Gasteiger partial charge in [-0.05, 0) is 104 Å². The number of hydrogen-bond acceptors (Lipinski definition) is 1. The van der Waals surface area contributed by atoms with Gasteiger partial charge in [0.05, 0.1) is 0 Å². The van der Waals surface area contributed by atoms with Gasteiger partial charge in [-0.1, -0.05) is 170 Å². The lowest BCUT2D eigenvalue weighted by atomic mass is 9.68. The predicted octanol–water partition coefficient (Wildman–Crippen LogP) is 13.7. The highest BCUT2D eigenvalue weighted by atomic mass is 32.1. The maximum Gasteiger partial charge on any atom is 0.0358 e. The standard InChI is InChI=1S/C53H40S/c1-3-15-36(16-4-1)49(37-17-5-2-6-18-37)45-25-12-20-38-30-32-53(51(38)45)33-31-39-21-13-26-46(52(39)53)50(44-24-11-19-35-14-7-8-22-41(35)44)40-28-29-43-42-23-9-10-27-47(42)54-48(43)34-40/h1-29,34,49-50H,30-33H2/t50?,53-/m1/s1. The number of hydrogen-bond donors (Lipinski definition) is 0. The molecule has 0 bridgehead atoms. The molecular formula is C53H40S. The summed E-state index contributed by atoms with van der Waals surface area (Å²) in [5.74, 6) is 0.253. The molecule has 54 heavy (non-hydrogen) atoms. The Labute approximate surface area is 321 Å². The molecule has 0 nitrogen and oxygen atoms in total. The minimum Gasteiger partial charge on any atom is -0.135 e. The summed E-state index contributed by atoms with van der Waals surface area (Å²) in [4.78, 5) is 0. The molecule has 9 aromatic rings. The van der Waals surface area contributed by atoms with E-state index in [0.717, 1.165) is 25.7 Å². The topological polar surface area (TPSA) is 0 Å². The molecule has 1 heteroatoms. The van der Waals surface area contributed by atoms with Crippen molar-refractivity contribution >= 4 is 42.3 Å². The molecule has 2 atom stereocenters. The summed E-state index contributed by atoms with van der Waals surface area (Å²) in [6.45, 7) is 0. The number of fused-ring (bicyclic) bond motifs is 8. The average molecular weight is 709 g/mol.